The number of aromatic nitrogens is 1. The monoisotopic (exact) mass is 429 g/mol. The molecule has 0 unspecified atom stereocenters. The number of nitrogens with zero attached hydrogens (tertiary/aromatic N) is 4. The third-order valence-corrected chi connectivity index (χ3v) is 5.47. The Morgan fingerprint density at radius 3 is 2.26 bits per heavy atom. The number of pyridine rings is 1. The number of anilines is 1. The van der Waals surface area contributed by atoms with E-state index in [-0.39, 0.29) is 39.2 Å². The Labute approximate surface area is 182 Å². The number of benzene rings is 2. The Morgan fingerprint density at radius 2 is 1.71 bits per heavy atom. The van der Waals surface area contributed by atoms with Gasteiger partial charge in [0.2, 0.25) is 0 Å². The molecule has 0 aliphatic heterocycles. The van der Waals surface area contributed by atoms with Gasteiger partial charge in [0, 0.05) is 23.3 Å². The number of nitro benzene ring substituents is 1. The molecule has 0 aliphatic rings. The third-order valence-electron chi connectivity index (χ3n) is 4.50. The molecule has 0 saturated heterocycles. The van der Waals surface area contributed by atoms with E-state index in [1.807, 2.05) is 25.1 Å². The summed E-state index contributed by atoms with van der Waals surface area (Å²) in [5, 5.41) is 30.4. The van der Waals surface area contributed by atoms with E-state index in [4.69, 9.17) is 5.73 Å². The van der Waals surface area contributed by atoms with E-state index in [9.17, 15) is 25.4 Å². The molecule has 0 amide bonds. The molecule has 2 N–H and O–H groups in total. The lowest BCUT2D eigenvalue weighted by molar-refractivity contribution is -0.384. The zero-order chi connectivity index (χ0) is 22.5. The van der Waals surface area contributed by atoms with Crippen LogP contribution in [-0.2, 0) is 0 Å². The summed E-state index contributed by atoms with van der Waals surface area (Å²) in [7, 11) is 0. The summed E-state index contributed by atoms with van der Waals surface area (Å²) in [6.45, 7) is 1.92. The predicted octanol–water partition coefficient (Wildman–Crippen LogP) is 4.27. The number of Topliss-reactive ketones (excluding diaryl/α,β-unsaturated/α-hetero) is 1. The summed E-state index contributed by atoms with van der Waals surface area (Å²) >= 11 is 1.02. The number of nitrogens with two attached hydrogens (primary N) is 1. The highest BCUT2D eigenvalue weighted by Crippen LogP contribution is 2.35. The van der Waals surface area contributed by atoms with Crippen molar-refractivity contribution in [3.63, 3.8) is 0 Å². The Hall–Kier alpha value is -4.21. The van der Waals surface area contributed by atoms with Crippen LogP contribution in [0.3, 0.4) is 0 Å². The number of thioether (sulfide) groups is 1. The van der Waals surface area contributed by atoms with Crippen LogP contribution in [-0.4, -0.2) is 21.4 Å². The summed E-state index contributed by atoms with van der Waals surface area (Å²) < 4.78 is 0. The van der Waals surface area contributed by atoms with E-state index in [1.165, 1.54) is 24.3 Å². The predicted molar refractivity (Wildman–Crippen MR) is 116 cm³/mol. The van der Waals surface area contributed by atoms with E-state index >= 15 is 0 Å². The standard InChI is InChI=1S/C22H15N5O3S/c1-13-2-4-15(5-3-13)20-17(10-23)21(25)26-22(18(20)11-24)31-12-19(28)14-6-8-16(9-7-14)27(29)30/h2-9H,12H2,1H3,(H2,25,26). The van der Waals surface area contributed by atoms with E-state index < -0.39 is 4.92 Å². The zero-order valence-electron chi connectivity index (χ0n) is 16.3. The van der Waals surface area contributed by atoms with E-state index in [0.717, 1.165) is 17.3 Å². The molecule has 0 aliphatic carbocycles. The van der Waals surface area contributed by atoms with Crippen LogP contribution >= 0.6 is 11.8 Å². The molecule has 31 heavy (non-hydrogen) atoms. The molecule has 3 rings (SSSR count). The van der Waals surface area contributed by atoms with Crippen molar-refractivity contribution in [2.45, 2.75) is 11.9 Å². The van der Waals surface area contributed by atoms with Gasteiger partial charge >= 0.3 is 0 Å². The fourth-order valence-corrected chi connectivity index (χ4v) is 3.79. The number of nitrogen functional groups attached to an aromatic ring is 1. The van der Waals surface area contributed by atoms with Gasteiger partial charge in [-0.2, -0.15) is 10.5 Å². The van der Waals surface area contributed by atoms with Gasteiger partial charge in [0.15, 0.2) is 5.78 Å². The molecule has 0 saturated carbocycles. The highest BCUT2D eigenvalue weighted by Gasteiger charge is 2.21. The van der Waals surface area contributed by atoms with E-state index in [2.05, 4.69) is 11.1 Å². The van der Waals surface area contributed by atoms with Crippen molar-refractivity contribution in [2.24, 2.45) is 0 Å². The number of nitriles is 2. The number of carbonyl (C=O) groups excluding carboxylic acids is 1. The number of rotatable bonds is 6. The Kier molecular flexibility index (Phi) is 6.29. The summed E-state index contributed by atoms with van der Waals surface area (Å²) in [6.07, 6.45) is 0. The average molecular weight is 429 g/mol. The first-order valence-corrected chi connectivity index (χ1v) is 9.95. The lowest BCUT2D eigenvalue weighted by Crippen LogP contribution is -2.06. The Morgan fingerprint density at radius 1 is 1.10 bits per heavy atom. The van der Waals surface area contributed by atoms with Crippen molar-refractivity contribution in [1.29, 1.82) is 10.5 Å². The molecule has 0 atom stereocenters. The van der Waals surface area contributed by atoms with Gasteiger partial charge in [-0.25, -0.2) is 4.98 Å². The number of nitro groups is 1. The van der Waals surface area contributed by atoms with Crippen molar-refractivity contribution in [3.05, 3.63) is 80.9 Å². The van der Waals surface area contributed by atoms with Crippen LogP contribution in [0.2, 0.25) is 0 Å². The largest absolute Gasteiger partial charge is 0.383 e. The van der Waals surface area contributed by atoms with Gasteiger partial charge in [0.25, 0.3) is 5.69 Å². The molecule has 0 spiro atoms. The number of aryl methyl sites for hydroxylation is 1. The highest BCUT2D eigenvalue weighted by atomic mass is 32.2. The first kappa shape index (κ1) is 21.5. The average Bonchev–Trinajstić information content (AvgIpc) is 2.77. The fourth-order valence-electron chi connectivity index (χ4n) is 2.90. The van der Waals surface area contributed by atoms with Crippen LogP contribution < -0.4 is 5.73 Å². The topological polar surface area (TPSA) is 147 Å². The van der Waals surface area contributed by atoms with Crippen molar-refractivity contribution in [1.82, 2.24) is 4.98 Å². The molecule has 0 radical (unpaired) electrons. The highest BCUT2D eigenvalue weighted by molar-refractivity contribution is 8.00. The van der Waals surface area contributed by atoms with Crippen LogP contribution in [0.4, 0.5) is 11.5 Å². The lowest BCUT2D eigenvalue weighted by atomic mass is 9.96. The minimum Gasteiger partial charge on any atom is -0.383 e. The Bertz CT molecular complexity index is 1260. The molecule has 1 heterocycles. The minimum absolute atomic E-state index is 0.0256. The second-order valence-electron chi connectivity index (χ2n) is 6.53. The van der Waals surface area contributed by atoms with Crippen molar-refractivity contribution in [3.8, 4) is 23.3 Å². The maximum atomic E-state index is 12.5. The van der Waals surface area contributed by atoms with Crippen LogP contribution in [0.25, 0.3) is 11.1 Å². The molecule has 1 aromatic heterocycles. The number of non-ortho nitro benzene ring substituents is 1. The van der Waals surface area contributed by atoms with Crippen LogP contribution in [0.5, 0.6) is 0 Å². The van der Waals surface area contributed by atoms with Gasteiger partial charge in [0.05, 0.1) is 16.2 Å². The van der Waals surface area contributed by atoms with Gasteiger partial charge in [-0.3, -0.25) is 14.9 Å². The first-order chi connectivity index (χ1) is 14.8. The summed E-state index contributed by atoms with van der Waals surface area (Å²) in [5.74, 6) is -0.370. The minimum atomic E-state index is -0.543. The number of hydrogen-bond donors (Lipinski definition) is 1. The molecule has 8 nitrogen and oxygen atoms in total. The van der Waals surface area contributed by atoms with Crippen molar-refractivity contribution < 1.29 is 9.72 Å². The van der Waals surface area contributed by atoms with Crippen LogP contribution in [0.15, 0.2) is 53.6 Å². The molecule has 0 fully saturated rings. The molecule has 152 valence electrons. The van der Waals surface area contributed by atoms with Gasteiger partial charge in [0.1, 0.15) is 28.5 Å². The van der Waals surface area contributed by atoms with Gasteiger partial charge < -0.3 is 5.73 Å². The SMILES string of the molecule is Cc1ccc(-c2c(C#N)c(N)nc(SCC(=O)c3ccc([N+](=O)[O-])cc3)c2C#N)cc1. The maximum Gasteiger partial charge on any atom is 0.269 e. The Balaban J connectivity index is 1.95. The van der Waals surface area contributed by atoms with Gasteiger partial charge in [-0.05, 0) is 24.6 Å². The first-order valence-electron chi connectivity index (χ1n) is 8.97. The van der Waals surface area contributed by atoms with Gasteiger partial charge in [-0.15, -0.1) is 0 Å². The molecular formula is C22H15N5O3S. The van der Waals surface area contributed by atoms with E-state index in [0.29, 0.717) is 16.7 Å². The second kappa shape index (κ2) is 9.08. The summed E-state index contributed by atoms with van der Waals surface area (Å²) in [4.78, 5) is 26.9. The summed E-state index contributed by atoms with van der Waals surface area (Å²) in [5.41, 5.74) is 8.49. The van der Waals surface area contributed by atoms with E-state index in [1.54, 1.807) is 12.1 Å². The zero-order valence-corrected chi connectivity index (χ0v) is 17.1. The molecular weight excluding hydrogens is 414 g/mol. The molecule has 2 aromatic carbocycles. The number of hydrogen-bond acceptors (Lipinski definition) is 8. The fraction of sp³-hybridized carbons (Fsp3) is 0.0909. The van der Waals surface area contributed by atoms with Gasteiger partial charge in [-0.1, -0.05) is 41.6 Å². The van der Waals surface area contributed by atoms with Crippen molar-refractivity contribution in [2.75, 3.05) is 11.5 Å². The maximum absolute atomic E-state index is 12.5. The second-order valence-corrected chi connectivity index (χ2v) is 7.50. The van der Waals surface area contributed by atoms with Crippen LogP contribution in [0, 0.1) is 39.7 Å². The van der Waals surface area contributed by atoms with Crippen molar-refractivity contribution >= 4 is 29.1 Å². The number of ketones is 1. The third kappa shape index (κ3) is 4.53. The van der Waals surface area contributed by atoms with Crippen LogP contribution in [0.1, 0.15) is 27.0 Å². The molecule has 3 aromatic rings. The molecule has 9 heteroatoms. The lowest BCUT2D eigenvalue weighted by Gasteiger charge is -2.13. The normalized spacial score (nSPS) is 10.2. The number of carbonyl (C=O) groups is 1. The summed E-state index contributed by atoms with van der Waals surface area (Å²) in [6, 6.07) is 16.7. The smallest absolute Gasteiger partial charge is 0.269 e. The molecule has 0 bridgehead atoms. The quantitative estimate of drug-likeness (QED) is 0.264.